The van der Waals surface area contributed by atoms with Crippen molar-refractivity contribution in [1.82, 2.24) is 0 Å². The summed E-state index contributed by atoms with van der Waals surface area (Å²) in [5.41, 5.74) is 0.707. The molecule has 0 heterocycles. The molecule has 76 valence electrons. The van der Waals surface area contributed by atoms with E-state index < -0.39 is 5.97 Å². The van der Waals surface area contributed by atoms with E-state index in [1.54, 1.807) is 19.2 Å². The van der Waals surface area contributed by atoms with Crippen LogP contribution in [-0.2, 0) is 11.2 Å². The van der Waals surface area contributed by atoms with Gasteiger partial charge in [-0.2, -0.15) is 0 Å². The highest BCUT2D eigenvalue weighted by atomic mass is 79.9. The van der Waals surface area contributed by atoms with Crippen LogP contribution in [-0.4, -0.2) is 18.2 Å². The Morgan fingerprint density at radius 3 is 2.29 bits per heavy atom. The van der Waals surface area contributed by atoms with Gasteiger partial charge in [0.1, 0.15) is 5.75 Å². The monoisotopic (exact) mass is 322 g/mol. The van der Waals surface area contributed by atoms with Crippen LogP contribution in [0.5, 0.6) is 5.75 Å². The van der Waals surface area contributed by atoms with Crippen LogP contribution in [0.25, 0.3) is 0 Å². The molecule has 0 radical (unpaired) electrons. The van der Waals surface area contributed by atoms with E-state index >= 15 is 0 Å². The molecule has 0 bridgehead atoms. The van der Waals surface area contributed by atoms with Crippen LogP contribution in [0.3, 0.4) is 0 Å². The molecule has 1 aromatic carbocycles. The third-order valence-corrected chi connectivity index (χ3v) is 3.09. The van der Waals surface area contributed by atoms with Crippen LogP contribution in [0.2, 0.25) is 0 Å². The number of ether oxygens (including phenoxy) is 1. The average molecular weight is 324 g/mol. The van der Waals surface area contributed by atoms with Crippen molar-refractivity contribution in [3.05, 3.63) is 26.6 Å². The number of carbonyl (C=O) groups is 1. The molecule has 0 spiro atoms. The quantitative estimate of drug-likeness (QED) is 0.930. The minimum atomic E-state index is -0.864. The summed E-state index contributed by atoms with van der Waals surface area (Å²) >= 11 is 6.59. The molecule has 0 aliphatic heterocycles. The average Bonchev–Trinajstić information content (AvgIpc) is 2.10. The molecule has 0 fully saturated rings. The number of carboxylic acids is 1. The first-order valence-corrected chi connectivity index (χ1v) is 5.37. The molecule has 5 heteroatoms. The number of aliphatic carboxylic acids is 1. The predicted octanol–water partition coefficient (Wildman–Crippen LogP) is 2.85. The SMILES string of the molecule is COc1cc(Br)c(CC(=O)O)c(Br)c1. The summed E-state index contributed by atoms with van der Waals surface area (Å²) in [6.07, 6.45) is -0.0227. The minimum absolute atomic E-state index is 0.0227. The molecule has 14 heavy (non-hydrogen) atoms. The van der Waals surface area contributed by atoms with Gasteiger partial charge in [0.15, 0.2) is 0 Å². The zero-order valence-corrected chi connectivity index (χ0v) is 10.6. The lowest BCUT2D eigenvalue weighted by atomic mass is 10.1. The lowest BCUT2D eigenvalue weighted by Gasteiger charge is -2.07. The molecular weight excluding hydrogens is 316 g/mol. The first kappa shape index (κ1) is 11.5. The van der Waals surface area contributed by atoms with Gasteiger partial charge in [-0.1, -0.05) is 31.9 Å². The van der Waals surface area contributed by atoms with Gasteiger partial charge in [0.05, 0.1) is 13.5 Å². The van der Waals surface area contributed by atoms with Gasteiger partial charge in [-0.15, -0.1) is 0 Å². The van der Waals surface area contributed by atoms with Crippen molar-refractivity contribution in [2.45, 2.75) is 6.42 Å². The lowest BCUT2D eigenvalue weighted by molar-refractivity contribution is -0.136. The number of methoxy groups -OCH3 is 1. The third-order valence-electron chi connectivity index (χ3n) is 1.68. The number of hydrogen-bond donors (Lipinski definition) is 1. The molecule has 1 rings (SSSR count). The second-order valence-electron chi connectivity index (χ2n) is 2.64. The maximum atomic E-state index is 10.6. The molecule has 0 aliphatic carbocycles. The summed E-state index contributed by atoms with van der Waals surface area (Å²) in [4.78, 5) is 10.6. The van der Waals surface area contributed by atoms with E-state index in [9.17, 15) is 4.79 Å². The molecule has 3 nitrogen and oxygen atoms in total. The molecule has 0 aromatic heterocycles. The van der Waals surface area contributed by atoms with Gasteiger partial charge < -0.3 is 9.84 Å². The van der Waals surface area contributed by atoms with Gasteiger partial charge in [-0.05, 0) is 17.7 Å². The van der Waals surface area contributed by atoms with Gasteiger partial charge in [0, 0.05) is 8.95 Å². The molecule has 0 aliphatic rings. The molecule has 0 unspecified atom stereocenters. The zero-order chi connectivity index (χ0) is 10.7. The van der Waals surface area contributed by atoms with Crippen molar-refractivity contribution in [3.8, 4) is 5.75 Å². The summed E-state index contributed by atoms with van der Waals surface area (Å²) in [7, 11) is 1.56. The molecule has 1 N–H and O–H groups in total. The van der Waals surface area contributed by atoms with Gasteiger partial charge in [-0.3, -0.25) is 4.79 Å². The van der Waals surface area contributed by atoms with Gasteiger partial charge in [0.25, 0.3) is 0 Å². The summed E-state index contributed by atoms with van der Waals surface area (Å²) in [6, 6.07) is 3.48. The van der Waals surface area contributed by atoms with E-state index in [2.05, 4.69) is 31.9 Å². The Morgan fingerprint density at radius 2 is 1.93 bits per heavy atom. The van der Waals surface area contributed by atoms with Crippen molar-refractivity contribution in [1.29, 1.82) is 0 Å². The van der Waals surface area contributed by atoms with Crippen LogP contribution in [0, 0.1) is 0 Å². The Morgan fingerprint density at radius 1 is 1.43 bits per heavy atom. The minimum Gasteiger partial charge on any atom is -0.497 e. The maximum Gasteiger partial charge on any atom is 0.307 e. The summed E-state index contributed by atoms with van der Waals surface area (Å²) in [5, 5.41) is 8.67. The molecule has 0 saturated carbocycles. The fraction of sp³-hybridized carbons (Fsp3) is 0.222. The first-order valence-electron chi connectivity index (χ1n) is 3.78. The molecular formula is C9H8Br2O3. The van der Waals surface area contributed by atoms with E-state index in [1.807, 2.05) is 0 Å². The molecule has 0 atom stereocenters. The number of rotatable bonds is 3. The second-order valence-corrected chi connectivity index (χ2v) is 4.35. The Hall–Kier alpha value is -0.550. The van der Waals surface area contributed by atoms with Crippen LogP contribution < -0.4 is 4.74 Å². The fourth-order valence-electron chi connectivity index (χ4n) is 1.02. The maximum absolute atomic E-state index is 10.6. The Kier molecular flexibility index (Phi) is 3.95. The van der Waals surface area contributed by atoms with Gasteiger partial charge in [0.2, 0.25) is 0 Å². The Labute approximate surface area is 98.3 Å². The van der Waals surface area contributed by atoms with Crippen LogP contribution in [0.1, 0.15) is 5.56 Å². The van der Waals surface area contributed by atoms with Crippen LogP contribution >= 0.6 is 31.9 Å². The number of benzene rings is 1. The normalized spacial score (nSPS) is 9.93. The summed E-state index contributed by atoms with van der Waals surface area (Å²) in [5.74, 6) is -0.186. The van der Waals surface area contributed by atoms with Crippen molar-refractivity contribution in [2.75, 3.05) is 7.11 Å². The number of halogens is 2. The van der Waals surface area contributed by atoms with Crippen molar-refractivity contribution in [2.24, 2.45) is 0 Å². The fourth-order valence-corrected chi connectivity index (χ4v) is 2.44. The highest BCUT2D eigenvalue weighted by Gasteiger charge is 2.11. The second kappa shape index (κ2) is 4.79. The molecule has 0 amide bonds. The largest absolute Gasteiger partial charge is 0.497 e. The van der Waals surface area contributed by atoms with E-state index in [4.69, 9.17) is 9.84 Å². The summed E-state index contributed by atoms with van der Waals surface area (Å²) in [6.45, 7) is 0. The summed E-state index contributed by atoms with van der Waals surface area (Å²) < 4.78 is 6.48. The van der Waals surface area contributed by atoms with Crippen molar-refractivity contribution >= 4 is 37.8 Å². The lowest BCUT2D eigenvalue weighted by Crippen LogP contribution is -2.02. The van der Waals surface area contributed by atoms with Crippen LogP contribution in [0.4, 0.5) is 0 Å². The zero-order valence-electron chi connectivity index (χ0n) is 7.38. The van der Waals surface area contributed by atoms with Gasteiger partial charge >= 0.3 is 5.97 Å². The smallest absolute Gasteiger partial charge is 0.307 e. The van der Waals surface area contributed by atoms with Crippen LogP contribution in [0.15, 0.2) is 21.1 Å². The van der Waals surface area contributed by atoms with E-state index in [0.29, 0.717) is 11.3 Å². The Balaban J connectivity index is 3.11. The first-order chi connectivity index (χ1) is 6.54. The molecule has 1 aromatic rings. The van der Waals surface area contributed by atoms with E-state index in [0.717, 1.165) is 8.95 Å². The standard InChI is InChI=1S/C9H8Br2O3/c1-14-5-2-7(10)6(4-9(12)13)8(11)3-5/h2-3H,4H2,1H3,(H,12,13). The number of carboxylic acid groups (broad SMARTS) is 1. The van der Waals surface area contributed by atoms with Crippen molar-refractivity contribution < 1.29 is 14.6 Å². The highest BCUT2D eigenvalue weighted by Crippen LogP contribution is 2.31. The van der Waals surface area contributed by atoms with E-state index in [1.165, 1.54) is 0 Å². The number of hydrogen-bond acceptors (Lipinski definition) is 2. The molecule has 0 saturated heterocycles. The highest BCUT2D eigenvalue weighted by molar-refractivity contribution is 9.11. The third kappa shape index (κ3) is 2.72. The van der Waals surface area contributed by atoms with Gasteiger partial charge in [-0.25, -0.2) is 0 Å². The Bertz CT molecular complexity index is 340. The topological polar surface area (TPSA) is 46.5 Å². The predicted molar refractivity (Wildman–Crippen MR) is 59.7 cm³/mol. The van der Waals surface area contributed by atoms with E-state index in [-0.39, 0.29) is 6.42 Å². The van der Waals surface area contributed by atoms with Crippen molar-refractivity contribution in [3.63, 3.8) is 0 Å².